The fourth-order valence-electron chi connectivity index (χ4n) is 1.85. The van der Waals surface area contributed by atoms with Crippen LogP contribution in [0.2, 0.25) is 0 Å². The molecule has 0 spiro atoms. The molecule has 1 fully saturated rings. The third-order valence-corrected chi connectivity index (χ3v) is 3.00. The van der Waals surface area contributed by atoms with E-state index in [0.717, 1.165) is 23.3 Å². The first-order valence-electron chi connectivity index (χ1n) is 5.85. The van der Waals surface area contributed by atoms with Crippen molar-refractivity contribution in [2.45, 2.75) is 25.7 Å². The molecule has 0 atom stereocenters. The topological polar surface area (TPSA) is 55.6 Å². The van der Waals surface area contributed by atoms with Crippen LogP contribution in [0.25, 0.3) is 5.82 Å². The van der Waals surface area contributed by atoms with Crippen LogP contribution in [0.15, 0.2) is 18.5 Å². The smallest absolute Gasteiger partial charge is 0.143 e. The Labute approximate surface area is 99.9 Å². The Morgan fingerprint density at radius 2 is 2.18 bits per heavy atom. The van der Waals surface area contributed by atoms with Crippen molar-refractivity contribution in [3.8, 4) is 5.82 Å². The maximum atomic E-state index is 4.62. The zero-order valence-electron chi connectivity index (χ0n) is 10.0. The minimum atomic E-state index is 0.547. The Balaban J connectivity index is 2.09. The van der Waals surface area contributed by atoms with Crippen LogP contribution in [0.1, 0.15) is 30.4 Å². The summed E-state index contributed by atoms with van der Waals surface area (Å²) in [6.07, 6.45) is 6.12. The second-order valence-electron chi connectivity index (χ2n) is 4.34. The van der Waals surface area contributed by atoms with Crippen molar-refractivity contribution in [1.82, 2.24) is 19.5 Å². The Morgan fingerprint density at radius 1 is 1.35 bits per heavy atom. The Morgan fingerprint density at radius 3 is 2.76 bits per heavy atom. The Hall–Kier alpha value is -1.91. The predicted octanol–water partition coefficient (Wildman–Crippen LogP) is 1.89. The molecule has 5 heteroatoms. The van der Waals surface area contributed by atoms with Gasteiger partial charge in [-0.1, -0.05) is 0 Å². The molecule has 17 heavy (non-hydrogen) atoms. The molecule has 0 saturated heterocycles. The second kappa shape index (κ2) is 3.84. The fraction of sp³-hybridized carbons (Fsp3) is 0.417. The number of rotatable bonds is 3. The van der Waals surface area contributed by atoms with Gasteiger partial charge in [0.15, 0.2) is 0 Å². The van der Waals surface area contributed by atoms with E-state index in [1.165, 1.54) is 12.8 Å². The summed E-state index contributed by atoms with van der Waals surface area (Å²) >= 11 is 0. The highest BCUT2D eigenvalue weighted by Gasteiger charge is 2.27. The van der Waals surface area contributed by atoms with Gasteiger partial charge in [-0.25, -0.2) is 15.0 Å². The van der Waals surface area contributed by atoms with Crippen LogP contribution in [-0.2, 0) is 0 Å². The van der Waals surface area contributed by atoms with Crippen molar-refractivity contribution in [2.24, 2.45) is 0 Å². The molecule has 0 aliphatic heterocycles. The summed E-state index contributed by atoms with van der Waals surface area (Å²) in [7, 11) is 1.88. The number of hydrogen-bond donors (Lipinski definition) is 1. The van der Waals surface area contributed by atoms with Gasteiger partial charge in [-0.15, -0.1) is 0 Å². The summed E-state index contributed by atoms with van der Waals surface area (Å²) < 4.78 is 1.98. The SMILES string of the molecule is CNc1cc(-n2ccnc2C)nc(C2CC2)n1. The van der Waals surface area contributed by atoms with Gasteiger partial charge in [0.25, 0.3) is 0 Å². The number of nitrogens with zero attached hydrogens (tertiary/aromatic N) is 4. The normalized spacial score (nSPS) is 14.9. The molecule has 0 amide bonds. The molecule has 3 rings (SSSR count). The molecule has 1 saturated carbocycles. The number of imidazole rings is 1. The number of aromatic nitrogens is 4. The van der Waals surface area contributed by atoms with Gasteiger partial charge in [-0.05, 0) is 19.8 Å². The molecular weight excluding hydrogens is 214 g/mol. The van der Waals surface area contributed by atoms with Gasteiger partial charge >= 0.3 is 0 Å². The molecule has 1 aliphatic carbocycles. The summed E-state index contributed by atoms with van der Waals surface area (Å²) in [6, 6.07) is 1.94. The summed E-state index contributed by atoms with van der Waals surface area (Å²) in [5.74, 6) is 4.18. The van der Waals surface area contributed by atoms with Crippen LogP contribution in [0.4, 0.5) is 5.82 Å². The average Bonchev–Trinajstić information content (AvgIpc) is 3.11. The number of aryl methyl sites for hydroxylation is 1. The van der Waals surface area contributed by atoms with E-state index in [1.807, 2.05) is 30.8 Å². The van der Waals surface area contributed by atoms with Crippen molar-refractivity contribution in [3.05, 3.63) is 30.1 Å². The van der Waals surface area contributed by atoms with Crippen LogP contribution >= 0.6 is 0 Å². The Kier molecular flexibility index (Phi) is 2.31. The molecule has 2 aromatic heterocycles. The van der Waals surface area contributed by atoms with E-state index < -0.39 is 0 Å². The molecule has 88 valence electrons. The molecule has 0 aromatic carbocycles. The van der Waals surface area contributed by atoms with E-state index in [-0.39, 0.29) is 0 Å². The van der Waals surface area contributed by atoms with Crippen LogP contribution in [0.5, 0.6) is 0 Å². The molecule has 2 heterocycles. The molecule has 5 nitrogen and oxygen atoms in total. The van der Waals surface area contributed by atoms with E-state index in [2.05, 4.69) is 20.3 Å². The first-order valence-corrected chi connectivity index (χ1v) is 5.85. The summed E-state index contributed by atoms with van der Waals surface area (Å²) in [5.41, 5.74) is 0. The molecule has 0 radical (unpaired) electrons. The quantitative estimate of drug-likeness (QED) is 0.873. The maximum absolute atomic E-state index is 4.62. The van der Waals surface area contributed by atoms with Gasteiger partial charge < -0.3 is 5.32 Å². The van der Waals surface area contributed by atoms with E-state index >= 15 is 0 Å². The predicted molar refractivity (Wildman–Crippen MR) is 65.4 cm³/mol. The lowest BCUT2D eigenvalue weighted by atomic mass is 10.3. The fourth-order valence-corrected chi connectivity index (χ4v) is 1.85. The number of anilines is 1. The maximum Gasteiger partial charge on any atom is 0.143 e. The summed E-state index contributed by atoms with van der Waals surface area (Å²) in [4.78, 5) is 13.3. The molecule has 0 bridgehead atoms. The van der Waals surface area contributed by atoms with E-state index in [9.17, 15) is 0 Å². The van der Waals surface area contributed by atoms with Gasteiger partial charge in [0, 0.05) is 31.4 Å². The van der Waals surface area contributed by atoms with Gasteiger partial charge in [0.05, 0.1) is 0 Å². The van der Waals surface area contributed by atoms with Gasteiger partial charge in [0.1, 0.15) is 23.3 Å². The largest absolute Gasteiger partial charge is 0.373 e. The average molecular weight is 229 g/mol. The van der Waals surface area contributed by atoms with E-state index in [1.54, 1.807) is 6.20 Å². The molecule has 1 aliphatic rings. The highest BCUT2D eigenvalue weighted by molar-refractivity contribution is 5.42. The number of hydrogen-bond acceptors (Lipinski definition) is 4. The minimum Gasteiger partial charge on any atom is -0.373 e. The van der Waals surface area contributed by atoms with Crippen molar-refractivity contribution in [3.63, 3.8) is 0 Å². The lowest BCUT2D eigenvalue weighted by Gasteiger charge is -2.08. The zero-order valence-corrected chi connectivity index (χ0v) is 10.0. The van der Waals surface area contributed by atoms with Crippen LogP contribution in [-0.4, -0.2) is 26.6 Å². The summed E-state index contributed by atoms with van der Waals surface area (Å²) in [5, 5.41) is 3.09. The van der Waals surface area contributed by atoms with Gasteiger partial charge in [-0.3, -0.25) is 4.57 Å². The third kappa shape index (κ3) is 1.88. The van der Waals surface area contributed by atoms with Crippen LogP contribution in [0, 0.1) is 6.92 Å². The first kappa shape index (κ1) is 10.3. The molecule has 1 N–H and O–H groups in total. The molecule has 0 unspecified atom stereocenters. The summed E-state index contributed by atoms with van der Waals surface area (Å²) in [6.45, 7) is 1.97. The Bertz CT molecular complexity index is 542. The van der Waals surface area contributed by atoms with E-state index in [0.29, 0.717) is 5.92 Å². The van der Waals surface area contributed by atoms with Gasteiger partial charge in [0.2, 0.25) is 0 Å². The van der Waals surface area contributed by atoms with Crippen LogP contribution in [0.3, 0.4) is 0 Å². The first-order chi connectivity index (χ1) is 8.28. The molecular formula is C12H15N5. The van der Waals surface area contributed by atoms with Crippen molar-refractivity contribution < 1.29 is 0 Å². The zero-order chi connectivity index (χ0) is 11.8. The standard InChI is InChI=1S/C12H15N5/c1-8-14-5-6-17(8)11-7-10(13-2)15-12(16-11)9-3-4-9/h5-7,9H,3-4H2,1-2H3,(H,13,15,16). The van der Waals surface area contributed by atoms with Crippen LogP contribution < -0.4 is 5.32 Å². The molecule has 2 aromatic rings. The number of nitrogens with one attached hydrogen (secondary N) is 1. The highest BCUT2D eigenvalue weighted by Crippen LogP contribution is 2.38. The third-order valence-electron chi connectivity index (χ3n) is 3.00. The highest BCUT2D eigenvalue weighted by atomic mass is 15.1. The monoisotopic (exact) mass is 229 g/mol. The lowest BCUT2D eigenvalue weighted by molar-refractivity contribution is 0.862. The van der Waals surface area contributed by atoms with Gasteiger partial charge in [-0.2, -0.15) is 0 Å². The minimum absolute atomic E-state index is 0.547. The van der Waals surface area contributed by atoms with E-state index in [4.69, 9.17) is 0 Å². The second-order valence-corrected chi connectivity index (χ2v) is 4.34. The lowest BCUT2D eigenvalue weighted by Crippen LogP contribution is -2.05. The van der Waals surface area contributed by atoms with Crippen molar-refractivity contribution >= 4 is 5.82 Å². The van der Waals surface area contributed by atoms with Crippen molar-refractivity contribution in [2.75, 3.05) is 12.4 Å². The van der Waals surface area contributed by atoms with Crippen molar-refractivity contribution in [1.29, 1.82) is 0 Å².